The number of sulfone groups is 1. The number of aromatic amines is 1. The second-order valence-electron chi connectivity index (χ2n) is 8.45. The van der Waals surface area contributed by atoms with Gasteiger partial charge in [-0.3, -0.25) is 4.90 Å². The molecule has 1 saturated heterocycles. The molecule has 0 saturated carbocycles. The molecule has 2 aliphatic heterocycles. The Labute approximate surface area is 182 Å². The smallest absolute Gasteiger partial charge is 0.206 e. The van der Waals surface area contributed by atoms with Crippen molar-refractivity contribution in [1.29, 1.82) is 0 Å². The van der Waals surface area contributed by atoms with Gasteiger partial charge in [0.1, 0.15) is 0 Å². The lowest BCUT2D eigenvalue weighted by Crippen LogP contribution is -2.34. The fourth-order valence-corrected chi connectivity index (χ4v) is 6.81. The molecule has 4 aromatic rings. The van der Waals surface area contributed by atoms with E-state index in [1.807, 2.05) is 30.5 Å². The number of aromatic nitrogens is 2. The van der Waals surface area contributed by atoms with Crippen LogP contribution in [0.2, 0.25) is 0 Å². The predicted molar refractivity (Wildman–Crippen MR) is 121 cm³/mol. The standard InChI is InChI=1S/C23H23N3O2S.ClH/c1-25-15-3-7-22(25)23-19(12-15)18-13-17(5-8-21(18)26(23)2)29(27,28)16-4-6-20-14(11-16)9-10-24-20;/h4-6,8-11,13,15,22,24H,3,7,12H2,1-2H3;1H/t15-,22+;/m0./s1. The molecule has 156 valence electrons. The molecule has 6 rings (SSSR count). The van der Waals surface area contributed by atoms with Gasteiger partial charge in [0.05, 0.1) is 15.8 Å². The van der Waals surface area contributed by atoms with Gasteiger partial charge in [0, 0.05) is 46.8 Å². The van der Waals surface area contributed by atoms with Crippen molar-refractivity contribution in [2.45, 2.75) is 41.1 Å². The largest absolute Gasteiger partial charge is 0.361 e. The number of rotatable bonds is 2. The van der Waals surface area contributed by atoms with Crippen molar-refractivity contribution >= 4 is 44.1 Å². The fraction of sp³-hybridized carbons (Fsp3) is 0.304. The van der Waals surface area contributed by atoms with Crippen LogP contribution in [0.4, 0.5) is 0 Å². The third-order valence-corrected chi connectivity index (χ3v) is 8.82. The van der Waals surface area contributed by atoms with Gasteiger partial charge in [-0.1, -0.05) is 0 Å². The molecular weight excluding hydrogens is 418 g/mol. The molecule has 7 heteroatoms. The van der Waals surface area contributed by atoms with Gasteiger partial charge >= 0.3 is 0 Å². The fourth-order valence-electron chi connectivity index (χ4n) is 5.48. The van der Waals surface area contributed by atoms with Crippen LogP contribution in [0.25, 0.3) is 21.8 Å². The van der Waals surface area contributed by atoms with Gasteiger partial charge in [-0.2, -0.15) is 0 Å². The quantitative estimate of drug-likeness (QED) is 0.494. The van der Waals surface area contributed by atoms with Crippen molar-refractivity contribution in [1.82, 2.24) is 14.5 Å². The zero-order valence-corrected chi connectivity index (χ0v) is 18.6. The summed E-state index contributed by atoms with van der Waals surface area (Å²) < 4.78 is 29.0. The summed E-state index contributed by atoms with van der Waals surface area (Å²) in [7, 11) is 0.758. The van der Waals surface area contributed by atoms with Crippen molar-refractivity contribution in [2.75, 3.05) is 7.05 Å². The minimum Gasteiger partial charge on any atom is -0.361 e. The summed E-state index contributed by atoms with van der Waals surface area (Å²) in [6.07, 6.45) is 5.22. The van der Waals surface area contributed by atoms with Crippen molar-refractivity contribution < 1.29 is 8.42 Å². The number of fused-ring (bicyclic) bond motifs is 7. The molecule has 0 spiro atoms. The molecule has 0 amide bonds. The second-order valence-corrected chi connectivity index (χ2v) is 10.4. The summed E-state index contributed by atoms with van der Waals surface area (Å²) in [5, 5.41) is 2.00. The molecule has 1 fully saturated rings. The van der Waals surface area contributed by atoms with Crippen LogP contribution in [0.1, 0.15) is 30.1 Å². The van der Waals surface area contributed by atoms with E-state index in [4.69, 9.17) is 0 Å². The van der Waals surface area contributed by atoms with E-state index < -0.39 is 9.84 Å². The highest BCUT2D eigenvalue weighted by atomic mass is 35.5. The van der Waals surface area contributed by atoms with E-state index in [-0.39, 0.29) is 12.4 Å². The Bertz CT molecular complexity index is 1400. The average molecular weight is 442 g/mol. The van der Waals surface area contributed by atoms with Gasteiger partial charge in [-0.05, 0) is 74.3 Å². The number of benzene rings is 2. The van der Waals surface area contributed by atoms with Crippen molar-refractivity contribution in [3.8, 4) is 0 Å². The molecule has 0 aliphatic carbocycles. The zero-order valence-electron chi connectivity index (χ0n) is 16.9. The second kappa shape index (κ2) is 6.61. The summed E-state index contributed by atoms with van der Waals surface area (Å²) in [5.74, 6) is 0. The Morgan fingerprint density at radius 3 is 2.60 bits per heavy atom. The molecule has 2 aromatic heterocycles. The lowest BCUT2D eigenvalue weighted by molar-refractivity contribution is 0.218. The minimum atomic E-state index is -3.57. The molecule has 4 heterocycles. The topological polar surface area (TPSA) is 58.1 Å². The lowest BCUT2D eigenvalue weighted by Gasteiger charge is -2.32. The molecule has 2 aliphatic rings. The SMILES string of the molecule is CN1[C@H]2CC[C@@H]1c1c(c3cc(S(=O)(=O)c4ccc5[nH]ccc5c4)ccc3n1C)C2.Cl. The van der Waals surface area contributed by atoms with Gasteiger partial charge < -0.3 is 9.55 Å². The van der Waals surface area contributed by atoms with Crippen LogP contribution in [0.15, 0.2) is 58.5 Å². The van der Waals surface area contributed by atoms with E-state index in [1.54, 1.807) is 18.2 Å². The van der Waals surface area contributed by atoms with E-state index in [2.05, 4.69) is 28.5 Å². The maximum atomic E-state index is 13.4. The molecular formula is C23H24ClN3O2S. The molecule has 2 atom stereocenters. The molecule has 0 radical (unpaired) electrons. The Hall–Kier alpha value is -2.28. The normalized spacial score (nSPS) is 21.1. The highest BCUT2D eigenvalue weighted by molar-refractivity contribution is 7.91. The van der Waals surface area contributed by atoms with Crippen molar-refractivity contribution in [3.63, 3.8) is 0 Å². The van der Waals surface area contributed by atoms with E-state index >= 15 is 0 Å². The number of nitrogens with zero attached hydrogens (tertiary/aromatic N) is 2. The molecule has 2 bridgehead atoms. The monoisotopic (exact) mass is 441 g/mol. The van der Waals surface area contributed by atoms with E-state index in [0.717, 1.165) is 28.2 Å². The Morgan fingerprint density at radius 2 is 1.77 bits per heavy atom. The summed E-state index contributed by atoms with van der Waals surface area (Å²) >= 11 is 0. The maximum absolute atomic E-state index is 13.4. The first-order valence-corrected chi connectivity index (χ1v) is 11.6. The summed E-state index contributed by atoms with van der Waals surface area (Å²) in [6, 6.07) is 13.8. The highest BCUT2D eigenvalue weighted by Gasteiger charge is 2.40. The van der Waals surface area contributed by atoms with Crippen LogP contribution in [0.3, 0.4) is 0 Å². The summed E-state index contributed by atoms with van der Waals surface area (Å²) in [5.41, 5.74) is 4.76. The van der Waals surface area contributed by atoms with Crippen LogP contribution in [0, 0.1) is 0 Å². The third kappa shape index (κ3) is 2.54. The maximum Gasteiger partial charge on any atom is 0.206 e. The van der Waals surface area contributed by atoms with E-state index in [0.29, 0.717) is 21.9 Å². The van der Waals surface area contributed by atoms with Gasteiger partial charge in [0.25, 0.3) is 0 Å². The molecule has 1 N–H and O–H groups in total. The number of nitrogens with one attached hydrogen (secondary N) is 1. The van der Waals surface area contributed by atoms with Crippen LogP contribution < -0.4 is 0 Å². The van der Waals surface area contributed by atoms with Gasteiger partial charge in [0.15, 0.2) is 0 Å². The summed E-state index contributed by atoms with van der Waals surface area (Å²) in [4.78, 5) is 6.32. The van der Waals surface area contributed by atoms with E-state index in [9.17, 15) is 8.42 Å². The number of hydrogen-bond donors (Lipinski definition) is 1. The number of halogens is 1. The van der Waals surface area contributed by atoms with Crippen molar-refractivity contribution in [3.05, 3.63) is 59.9 Å². The number of H-pyrrole nitrogens is 1. The minimum absolute atomic E-state index is 0. The number of aryl methyl sites for hydroxylation is 1. The number of likely N-dealkylation sites (N-methyl/N-ethyl adjacent to an activating group) is 1. The summed E-state index contributed by atoms with van der Waals surface area (Å²) in [6.45, 7) is 0. The predicted octanol–water partition coefficient (Wildman–Crippen LogP) is 4.61. The molecule has 2 aromatic carbocycles. The molecule has 0 unspecified atom stereocenters. The third-order valence-electron chi connectivity index (χ3n) is 7.07. The Kier molecular flexibility index (Phi) is 4.33. The van der Waals surface area contributed by atoms with Crippen LogP contribution in [-0.2, 0) is 23.3 Å². The van der Waals surface area contributed by atoms with Gasteiger partial charge in [-0.25, -0.2) is 8.42 Å². The van der Waals surface area contributed by atoms with Crippen LogP contribution in [-0.4, -0.2) is 36.0 Å². The van der Waals surface area contributed by atoms with Crippen molar-refractivity contribution in [2.24, 2.45) is 7.05 Å². The van der Waals surface area contributed by atoms with Gasteiger partial charge in [0.2, 0.25) is 9.84 Å². The zero-order chi connectivity index (χ0) is 19.9. The molecule has 30 heavy (non-hydrogen) atoms. The first-order chi connectivity index (χ1) is 13.9. The average Bonchev–Trinajstić information content (AvgIpc) is 3.35. The van der Waals surface area contributed by atoms with Gasteiger partial charge in [-0.15, -0.1) is 12.4 Å². The first kappa shape index (κ1) is 19.7. The van der Waals surface area contributed by atoms with Crippen LogP contribution >= 0.6 is 12.4 Å². The molecule has 5 nitrogen and oxygen atoms in total. The Balaban J connectivity index is 0.00000193. The lowest BCUT2D eigenvalue weighted by atomic mass is 9.98. The highest BCUT2D eigenvalue weighted by Crippen LogP contribution is 2.46. The van der Waals surface area contributed by atoms with Crippen LogP contribution in [0.5, 0.6) is 0 Å². The van der Waals surface area contributed by atoms with E-state index in [1.165, 1.54) is 24.1 Å². The Morgan fingerprint density at radius 1 is 1.00 bits per heavy atom. The first-order valence-electron chi connectivity index (χ1n) is 10.1. The number of hydrogen-bond acceptors (Lipinski definition) is 3.